The van der Waals surface area contributed by atoms with Crippen molar-refractivity contribution in [1.29, 1.82) is 0 Å². The Bertz CT molecular complexity index is 476. The van der Waals surface area contributed by atoms with Crippen molar-refractivity contribution in [3.05, 3.63) is 29.8 Å². The summed E-state index contributed by atoms with van der Waals surface area (Å²) in [7, 11) is 0. The maximum Gasteiger partial charge on any atom is 0.303 e. The molecule has 1 aromatic rings. The number of nitrogens with one attached hydrogen (secondary N) is 1. The third-order valence-corrected chi connectivity index (χ3v) is 4.26. The van der Waals surface area contributed by atoms with Gasteiger partial charge in [0.2, 0.25) is 5.91 Å². The van der Waals surface area contributed by atoms with Gasteiger partial charge in [0.25, 0.3) is 0 Å². The Morgan fingerprint density at radius 1 is 1.26 bits per heavy atom. The minimum atomic E-state index is -0.804. The van der Waals surface area contributed by atoms with Gasteiger partial charge in [0.1, 0.15) is 0 Å². The second-order valence-corrected chi connectivity index (χ2v) is 5.63. The number of benzene rings is 1. The molecule has 0 spiro atoms. The van der Waals surface area contributed by atoms with E-state index in [0.717, 1.165) is 5.75 Å². The number of fused-ring (bicyclic) bond motifs is 1. The molecule has 0 saturated heterocycles. The molecule has 0 aliphatic carbocycles. The third-order valence-electron chi connectivity index (χ3n) is 3.08. The van der Waals surface area contributed by atoms with Crippen LogP contribution in [0.15, 0.2) is 29.2 Å². The molecular weight excluding hydrogens is 262 g/mol. The molecule has 2 rings (SSSR count). The summed E-state index contributed by atoms with van der Waals surface area (Å²) in [5.74, 6) is 0.0782. The lowest BCUT2D eigenvalue weighted by Gasteiger charge is -2.13. The molecule has 4 nitrogen and oxygen atoms in total. The monoisotopic (exact) mass is 279 g/mol. The smallest absolute Gasteiger partial charge is 0.303 e. The molecular formula is C14H17NO3S. The average molecular weight is 279 g/mol. The standard InChI is InChI=1S/C14H17NO3S/c16-13(7-3-4-8-14(17)18)15-11-9-19-12-6-2-1-5-10(11)12/h1-2,5-6,11H,3-4,7-9H2,(H,15,16)(H,17,18). The van der Waals surface area contributed by atoms with Crippen LogP contribution in [0.1, 0.15) is 37.3 Å². The van der Waals surface area contributed by atoms with Crippen molar-refractivity contribution in [3.8, 4) is 0 Å². The molecule has 1 heterocycles. The molecule has 0 bridgehead atoms. The van der Waals surface area contributed by atoms with Gasteiger partial charge >= 0.3 is 5.97 Å². The van der Waals surface area contributed by atoms with E-state index in [2.05, 4.69) is 11.4 Å². The summed E-state index contributed by atoms with van der Waals surface area (Å²) in [6.07, 6.45) is 1.71. The first kappa shape index (κ1) is 13.9. The van der Waals surface area contributed by atoms with Crippen LogP contribution in [0.25, 0.3) is 0 Å². The van der Waals surface area contributed by atoms with E-state index in [4.69, 9.17) is 5.11 Å². The van der Waals surface area contributed by atoms with Gasteiger partial charge in [-0.05, 0) is 24.5 Å². The van der Waals surface area contributed by atoms with Crippen LogP contribution in [0.2, 0.25) is 0 Å². The molecule has 1 unspecified atom stereocenters. The molecule has 0 saturated carbocycles. The second-order valence-electron chi connectivity index (χ2n) is 4.57. The minimum absolute atomic E-state index is 0.00712. The normalized spacial score (nSPS) is 16.9. The van der Waals surface area contributed by atoms with E-state index in [0.29, 0.717) is 19.3 Å². The molecule has 0 radical (unpaired) electrons. The summed E-state index contributed by atoms with van der Waals surface area (Å²) in [6, 6.07) is 8.19. The van der Waals surface area contributed by atoms with Crippen LogP contribution < -0.4 is 5.32 Å². The number of amides is 1. The van der Waals surface area contributed by atoms with Crippen LogP contribution in [-0.4, -0.2) is 22.7 Å². The van der Waals surface area contributed by atoms with Crippen LogP contribution in [0, 0.1) is 0 Å². The fourth-order valence-corrected chi connectivity index (χ4v) is 3.27. The number of thioether (sulfide) groups is 1. The van der Waals surface area contributed by atoms with E-state index in [-0.39, 0.29) is 18.4 Å². The quantitative estimate of drug-likeness (QED) is 0.785. The number of carbonyl (C=O) groups is 2. The van der Waals surface area contributed by atoms with E-state index < -0.39 is 5.97 Å². The number of rotatable bonds is 6. The summed E-state index contributed by atoms with van der Waals surface area (Å²) < 4.78 is 0. The molecule has 2 N–H and O–H groups in total. The highest BCUT2D eigenvalue weighted by Gasteiger charge is 2.23. The van der Waals surface area contributed by atoms with Gasteiger partial charge in [-0.15, -0.1) is 11.8 Å². The lowest BCUT2D eigenvalue weighted by atomic mass is 10.1. The van der Waals surface area contributed by atoms with Crippen LogP contribution in [-0.2, 0) is 9.59 Å². The van der Waals surface area contributed by atoms with Gasteiger partial charge in [-0.2, -0.15) is 0 Å². The number of carboxylic acid groups (broad SMARTS) is 1. The number of aliphatic carboxylic acids is 1. The summed E-state index contributed by atoms with van der Waals surface area (Å²) >= 11 is 1.76. The van der Waals surface area contributed by atoms with Crippen molar-refractivity contribution >= 4 is 23.6 Å². The van der Waals surface area contributed by atoms with E-state index >= 15 is 0 Å². The van der Waals surface area contributed by atoms with Gasteiger partial charge in [-0.25, -0.2) is 0 Å². The maximum atomic E-state index is 11.8. The Morgan fingerprint density at radius 3 is 2.79 bits per heavy atom. The molecule has 1 atom stereocenters. The largest absolute Gasteiger partial charge is 0.481 e. The van der Waals surface area contributed by atoms with E-state index in [1.54, 1.807) is 11.8 Å². The molecule has 1 aromatic carbocycles. The van der Waals surface area contributed by atoms with E-state index in [9.17, 15) is 9.59 Å². The predicted octanol–water partition coefficient (Wildman–Crippen LogP) is 2.59. The molecule has 102 valence electrons. The van der Waals surface area contributed by atoms with Crippen LogP contribution in [0.5, 0.6) is 0 Å². The van der Waals surface area contributed by atoms with Gasteiger partial charge < -0.3 is 10.4 Å². The van der Waals surface area contributed by atoms with Crippen molar-refractivity contribution in [2.24, 2.45) is 0 Å². The highest BCUT2D eigenvalue weighted by Crippen LogP contribution is 2.37. The Labute approximate surface area is 116 Å². The molecule has 5 heteroatoms. The van der Waals surface area contributed by atoms with E-state index in [1.165, 1.54) is 10.5 Å². The first-order chi connectivity index (χ1) is 9.16. The maximum absolute atomic E-state index is 11.8. The van der Waals surface area contributed by atoms with Crippen LogP contribution >= 0.6 is 11.8 Å². The van der Waals surface area contributed by atoms with Crippen molar-refractivity contribution in [3.63, 3.8) is 0 Å². The third kappa shape index (κ3) is 3.99. The fraction of sp³-hybridized carbons (Fsp3) is 0.429. The van der Waals surface area contributed by atoms with Crippen molar-refractivity contribution in [2.75, 3.05) is 5.75 Å². The number of carboxylic acids is 1. The van der Waals surface area contributed by atoms with Crippen LogP contribution in [0.3, 0.4) is 0 Å². The zero-order valence-corrected chi connectivity index (χ0v) is 11.4. The average Bonchev–Trinajstić information content (AvgIpc) is 2.78. The molecule has 1 aliphatic heterocycles. The number of unbranched alkanes of at least 4 members (excludes halogenated alkanes) is 1. The molecule has 0 fully saturated rings. The number of hydrogen-bond acceptors (Lipinski definition) is 3. The van der Waals surface area contributed by atoms with Gasteiger partial charge in [0, 0.05) is 23.5 Å². The Kier molecular flexibility index (Phi) is 4.85. The van der Waals surface area contributed by atoms with Gasteiger partial charge in [0.05, 0.1) is 6.04 Å². The Balaban J connectivity index is 1.76. The molecule has 0 aromatic heterocycles. The highest BCUT2D eigenvalue weighted by molar-refractivity contribution is 7.99. The zero-order chi connectivity index (χ0) is 13.7. The first-order valence-electron chi connectivity index (χ1n) is 6.39. The van der Waals surface area contributed by atoms with Gasteiger partial charge in [-0.3, -0.25) is 9.59 Å². The lowest BCUT2D eigenvalue weighted by Crippen LogP contribution is -2.28. The fourth-order valence-electron chi connectivity index (χ4n) is 2.11. The summed E-state index contributed by atoms with van der Waals surface area (Å²) in [4.78, 5) is 23.4. The summed E-state index contributed by atoms with van der Waals surface area (Å²) in [6.45, 7) is 0. The second kappa shape index (κ2) is 6.61. The summed E-state index contributed by atoms with van der Waals surface area (Å²) in [5.41, 5.74) is 1.19. The number of hydrogen-bond donors (Lipinski definition) is 2. The molecule has 1 aliphatic rings. The number of carbonyl (C=O) groups excluding carboxylic acids is 1. The predicted molar refractivity (Wildman–Crippen MR) is 74.2 cm³/mol. The van der Waals surface area contributed by atoms with Crippen molar-refractivity contribution in [1.82, 2.24) is 5.32 Å². The SMILES string of the molecule is O=C(O)CCCCC(=O)NC1CSc2ccccc21. The topological polar surface area (TPSA) is 66.4 Å². The highest BCUT2D eigenvalue weighted by atomic mass is 32.2. The van der Waals surface area contributed by atoms with Crippen molar-refractivity contribution < 1.29 is 14.7 Å². The molecule has 19 heavy (non-hydrogen) atoms. The van der Waals surface area contributed by atoms with Gasteiger partial charge in [0.15, 0.2) is 0 Å². The Morgan fingerprint density at radius 2 is 2.00 bits per heavy atom. The van der Waals surface area contributed by atoms with Crippen molar-refractivity contribution in [2.45, 2.75) is 36.6 Å². The van der Waals surface area contributed by atoms with E-state index in [1.807, 2.05) is 18.2 Å². The lowest BCUT2D eigenvalue weighted by molar-refractivity contribution is -0.137. The van der Waals surface area contributed by atoms with Gasteiger partial charge in [-0.1, -0.05) is 18.2 Å². The first-order valence-corrected chi connectivity index (χ1v) is 7.38. The Hall–Kier alpha value is -1.49. The van der Waals surface area contributed by atoms with Crippen LogP contribution in [0.4, 0.5) is 0 Å². The summed E-state index contributed by atoms with van der Waals surface area (Å²) in [5, 5.41) is 11.5. The zero-order valence-electron chi connectivity index (χ0n) is 10.6. The minimum Gasteiger partial charge on any atom is -0.481 e. The molecule has 1 amide bonds.